The van der Waals surface area contributed by atoms with Crippen molar-refractivity contribution in [1.82, 2.24) is 9.55 Å². The molecular formula is C26H25ClN4O. The lowest BCUT2D eigenvalue weighted by Gasteiger charge is -2.13. The molecule has 0 spiro atoms. The molecule has 5 nitrogen and oxygen atoms in total. The van der Waals surface area contributed by atoms with Gasteiger partial charge in [0.15, 0.2) is 0 Å². The van der Waals surface area contributed by atoms with Crippen molar-refractivity contribution in [2.24, 2.45) is 5.73 Å². The highest BCUT2D eigenvalue weighted by Gasteiger charge is 2.11. The van der Waals surface area contributed by atoms with Crippen LogP contribution in [0, 0.1) is 0 Å². The van der Waals surface area contributed by atoms with Crippen LogP contribution in [0.25, 0.3) is 23.1 Å². The predicted molar refractivity (Wildman–Crippen MR) is 134 cm³/mol. The van der Waals surface area contributed by atoms with Crippen molar-refractivity contribution in [3.63, 3.8) is 0 Å². The van der Waals surface area contributed by atoms with Crippen LogP contribution < -0.4 is 16.2 Å². The molecule has 0 amide bonds. The molecule has 0 saturated carbocycles. The normalized spacial score (nSPS) is 11.4. The number of hydrogen-bond donors (Lipinski definition) is 1. The summed E-state index contributed by atoms with van der Waals surface area (Å²) in [5, 5.41) is 1.01. The topological polar surface area (TPSA) is 64.2 Å². The smallest absolute Gasteiger partial charge is 0.261 e. The molecule has 1 heterocycles. The van der Waals surface area contributed by atoms with Crippen molar-refractivity contribution in [3.8, 4) is 0 Å². The SMILES string of the molecule is CN(C)c1ccc(/C=C/c2nc3ccc(Cl)cc3c(=O)n2Cc2cccc(CN)c2)cc1. The van der Waals surface area contributed by atoms with E-state index in [1.54, 1.807) is 22.8 Å². The summed E-state index contributed by atoms with van der Waals surface area (Å²) in [6.07, 6.45) is 3.85. The fraction of sp³-hybridized carbons (Fsp3) is 0.154. The molecule has 3 aromatic carbocycles. The largest absolute Gasteiger partial charge is 0.378 e. The maximum Gasteiger partial charge on any atom is 0.261 e. The van der Waals surface area contributed by atoms with Gasteiger partial charge in [-0.15, -0.1) is 0 Å². The molecule has 1 aromatic heterocycles. The predicted octanol–water partition coefficient (Wildman–Crippen LogP) is 4.79. The zero-order chi connectivity index (χ0) is 22.7. The molecule has 6 heteroatoms. The minimum absolute atomic E-state index is 0.127. The summed E-state index contributed by atoms with van der Waals surface area (Å²) in [5.74, 6) is 0.583. The molecule has 0 aliphatic carbocycles. The summed E-state index contributed by atoms with van der Waals surface area (Å²) >= 11 is 6.15. The van der Waals surface area contributed by atoms with Gasteiger partial charge in [0.25, 0.3) is 5.56 Å². The van der Waals surface area contributed by atoms with Gasteiger partial charge < -0.3 is 10.6 Å². The fourth-order valence-corrected chi connectivity index (χ4v) is 3.75. The van der Waals surface area contributed by atoms with Crippen molar-refractivity contribution >= 4 is 40.3 Å². The van der Waals surface area contributed by atoms with Crippen LogP contribution in [0.15, 0.2) is 71.5 Å². The first-order chi connectivity index (χ1) is 15.4. The second kappa shape index (κ2) is 9.39. The molecule has 0 fully saturated rings. The molecular weight excluding hydrogens is 420 g/mol. The number of rotatable bonds is 6. The van der Waals surface area contributed by atoms with Crippen molar-refractivity contribution < 1.29 is 0 Å². The first-order valence-corrected chi connectivity index (χ1v) is 10.8. The van der Waals surface area contributed by atoms with Crippen molar-refractivity contribution in [2.75, 3.05) is 19.0 Å². The number of anilines is 1. The maximum atomic E-state index is 13.4. The van der Waals surface area contributed by atoms with E-state index in [2.05, 4.69) is 17.0 Å². The Morgan fingerprint density at radius 1 is 1.00 bits per heavy atom. The van der Waals surface area contributed by atoms with Crippen LogP contribution in [0.4, 0.5) is 5.69 Å². The molecule has 0 saturated heterocycles. The van der Waals surface area contributed by atoms with Crippen LogP contribution >= 0.6 is 11.6 Å². The molecule has 0 radical (unpaired) electrons. The fourth-order valence-electron chi connectivity index (χ4n) is 3.58. The minimum atomic E-state index is -0.127. The van der Waals surface area contributed by atoms with Crippen LogP contribution in [-0.2, 0) is 13.1 Å². The number of nitrogens with zero attached hydrogens (tertiary/aromatic N) is 3. The van der Waals surface area contributed by atoms with Crippen LogP contribution in [0.5, 0.6) is 0 Å². The highest BCUT2D eigenvalue weighted by molar-refractivity contribution is 6.31. The standard InChI is InChI=1S/C26H25ClN4O/c1-30(2)22-10-6-18(7-11-22)8-13-25-29-24-12-9-21(27)15-23(24)26(32)31(25)17-20-5-3-4-19(14-20)16-28/h3-15H,16-17,28H2,1-2H3/b13-8+. The number of fused-ring (bicyclic) bond motifs is 1. The number of halogens is 1. The lowest BCUT2D eigenvalue weighted by molar-refractivity contribution is 0.737. The van der Waals surface area contributed by atoms with Gasteiger partial charge in [-0.1, -0.05) is 54.1 Å². The second-order valence-corrected chi connectivity index (χ2v) is 8.30. The van der Waals surface area contributed by atoms with Gasteiger partial charge >= 0.3 is 0 Å². The zero-order valence-electron chi connectivity index (χ0n) is 18.1. The third-order valence-electron chi connectivity index (χ3n) is 5.35. The lowest BCUT2D eigenvalue weighted by atomic mass is 10.1. The Labute approximate surface area is 192 Å². The van der Waals surface area contributed by atoms with Gasteiger partial charge in [-0.25, -0.2) is 4.98 Å². The summed E-state index contributed by atoms with van der Waals surface area (Å²) in [6, 6.07) is 21.3. The van der Waals surface area contributed by atoms with Gasteiger partial charge in [-0.3, -0.25) is 9.36 Å². The molecule has 4 aromatic rings. The molecule has 32 heavy (non-hydrogen) atoms. The van der Waals surface area contributed by atoms with E-state index in [1.807, 2.05) is 62.6 Å². The Balaban J connectivity index is 1.79. The highest BCUT2D eigenvalue weighted by atomic mass is 35.5. The summed E-state index contributed by atoms with van der Waals surface area (Å²) in [7, 11) is 4.02. The number of hydrogen-bond acceptors (Lipinski definition) is 4. The van der Waals surface area contributed by atoms with E-state index in [0.717, 1.165) is 22.4 Å². The van der Waals surface area contributed by atoms with Crippen molar-refractivity contribution in [2.45, 2.75) is 13.1 Å². The highest BCUT2D eigenvalue weighted by Crippen LogP contribution is 2.18. The van der Waals surface area contributed by atoms with Crippen LogP contribution in [-0.4, -0.2) is 23.6 Å². The number of aromatic nitrogens is 2. The van der Waals surface area contributed by atoms with Gasteiger partial charge in [0.05, 0.1) is 17.4 Å². The van der Waals surface area contributed by atoms with E-state index in [0.29, 0.717) is 34.8 Å². The Kier molecular flexibility index (Phi) is 6.40. The van der Waals surface area contributed by atoms with Crippen molar-refractivity contribution in [3.05, 3.63) is 105 Å². The average molecular weight is 445 g/mol. The van der Waals surface area contributed by atoms with E-state index < -0.39 is 0 Å². The van der Waals surface area contributed by atoms with Crippen molar-refractivity contribution in [1.29, 1.82) is 0 Å². The van der Waals surface area contributed by atoms with Gasteiger partial charge in [0.2, 0.25) is 0 Å². The van der Waals surface area contributed by atoms with Crippen LogP contribution in [0.3, 0.4) is 0 Å². The van der Waals surface area contributed by atoms with Gasteiger partial charge in [-0.2, -0.15) is 0 Å². The Hall–Kier alpha value is -3.41. The van der Waals surface area contributed by atoms with Crippen LogP contribution in [0.2, 0.25) is 5.02 Å². The molecule has 0 aliphatic rings. The molecule has 4 rings (SSSR count). The first kappa shape index (κ1) is 21.8. The molecule has 0 bridgehead atoms. The summed E-state index contributed by atoms with van der Waals surface area (Å²) in [5.41, 5.74) is 10.4. The zero-order valence-corrected chi connectivity index (χ0v) is 18.9. The van der Waals surface area contributed by atoms with Gasteiger partial charge in [0.1, 0.15) is 5.82 Å². The summed E-state index contributed by atoms with van der Waals surface area (Å²) < 4.78 is 1.68. The Bertz CT molecular complexity index is 1340. The average Bonchev–Trinajstić information content (AvgIpc) is 2.80. The number of benzene rings is 3. The number of nitrogens with two attached hydrogens (primary N) is 1. The quantitative estimate of drug-likeness (QED) is 0.464. The van der Waals surface area contributed by atoms with E-state index in [-0.39, 0.29) is 5.56 Å². The Morgan fingerprint density at radius 2 is 1.75 bits per heavy atom. The van der Waals surface area contributed by atoms with E-state index >= 15 is 0 Å². The van der Waals surface area contributed by atoms with E-state index in [4.69, 9.17) is 22.3 Å². The van der Waals surface area contributed by atoms with Crippen LogP contribution in [0.1, 0.15) is 22.5 Å². The third kappa shape index (κ3) is 4.74. The summed E-state index contributed by atoms with van der Waals surface area (Å²) in [4.78, 5) is 20.2. The molecule has 0 atom stereocenters. The maximum absolute atomic E-state index is 13.4. The monoisotopic (exact) mass is 444 g/mol. The third-order valence-corrected chi connectivity index (χ3v) is 5.58. The first-order valence-electron chi connectivity index (χ1n) is 10.4. The summed E-state index contributed by atoms with van der Waals surface area (Å²) in [6.45, 7) is 0.839. The van der Waals surface area contributed by atoms with Gasteiger partial charge in [0, 0.05) is 31.4 Å². The second-order valence-electron chi connectivity index (χ2n) is 7.87. The van der Waals surface area contributed by atoms with Gasteiger partial charge in [-0.05, 0) is 53.1 Å². The Morgan fingerprint density at radius 3 is 2.47 bits per heavy atom. The van der Waals surface area contributed by atoms with E-state index in [9.17, 15) is 4.79 Å². The molecule has 162 valence electrons. The lowest BCUT2D eigenvalue weighted by Crippen LogP contribution is -2.24. The molecule has 0 aliphatic heterocycles. The molecule has 0 unspecified atom stereocenters. The molecule has 2 N–H and O–H groups in total. The minimum Gasteiger partial charge on any atom is -0.378 e. The van der Waals surface area contributed by atoms with E-state index in [1.165, 1.54) is 0 Å².